The van der Waals surface area contributed by atoms with Crippen LogP contribution in [0.4, 0.5) is 0 Å². The SMILES string of the molecule is O=C(NCc1sccc1C#CCO)c1ccco1. The molecule has 0 radical (unpaired) electrons. The van der Waals surface area contributed by atoms with E-state index >= 15 is 0 Å². The molecule has 2 aromatic heterocycles. The van der Waals surface area contributed by atoms with Crippen LogP contribution < -0.4 is 5.32 Å². The summed E-state index contributed by atoms with van der Waals surface area (Å²) in [5.41, 5.74) is 0.828. The van der Waals surface area contributed by atoms with E-state index < -0.39 is 0 Å². The van der Waals surface area contributed by atoms with E-state index in [1.807, 2.05) is 11.4 Å². The quantitative estimate of drug-likeness (QED) is 0.825. The zero-order chi connectivity index (χ0) is 12.8. The Kier molecular flexibility index (Phi) is 4.18. The van der Waals surface area contributed by atoms with Gasteiger partial charge in [-0.15, -0.1) is 11.3 Å². The van der Waals surface area contributed by atoms with Crippen molar-refractivity contribution in [3.8, 4) is 11.8 Å². The van der Waals surface area contributed by atoms with Crippen molar-refractivity contribution in [2.24, 2.45) is 0 Å². The number of hydrogen-bond donors (Lipinski definition) is 2. The van der Waals surface area contributed by atoms with Crippen LogP contribution in [0.25, 0.3) is 0 Å². The van der Waals surface area contributed by atoms with E-state index in [0.717, 1.165) is 10.4 Å². The van der Waals surface area contributed by atoms with Gasteiger partial charge in [-0.2, -0.15) is 0 Å². The molecule has 0 spiro atoms. The first-order valence-electron chi connectivity index (χ1n) is 5.29. The summed E-state index contributed by atoms with van der Waals surface area (Å²) >= 11 is 1.51. The molecule has 1 amide bonds. The summed E-state index contributed by atoms with van der Waals surface area (Å²) in [7, 11) is 0. The van der Waals surface area contributed by atoms with Crippen molar-refractivity contribution < 1.29 is 14.3 Å². The number of carbonyl (C=O) groups excluding carboxylic acids is 1. The van der Waals surface area contributed by atoms with Gasteiger partial charge in [-0.25, -0.2) is 0 Å². The second kappa shape index (κ2) is 6.05. The third kappa shape index (κ3) is 3.00. The van der Waals surface area contributed by atoms with Gasteiger partial charge in [-0.3, -0.25) is 4.79 Å². The Morgan fingerprint density at radius 3 is 3.11 bits per heavy atom. The molecule has 0 aromatic carbocycles. The molecule has 4 nitrogen and oxygen atoms in total. The minimum Gasteiger partial charge on any atom is -0.459 e. The van der Waals surface area contributed by atoms with Crippen LogP contribution in [-0.2, 0) is 6.54 Å². The summed E-state index contributed by atoms with van der Waals surface area (Å²) < 4.78 is 4.99. The van der Waals surface area contributed by atoms with E-state index in [9.17, 15) is 4.79 Å². The Hall–Kier alpha value is -2.03. The monoisotopic (exact) mass is 261 g/mol. The van der Waals surface area contributed by atoms with Gasteiger partial charge in [0.25, 0.3) is 5.91 Å². The molecule has 2 heterocycles. The summed E-state index contributed by atoms with van der Waals surface area (Å²) in [5.74, 6) is 5.46. The zero-order valence-electron chi connectivity index (χ0n) is 9.47. The number of amides is 1. The number of aliphatic hydroxyl groups is 1. The highest BCUT2D eigenvalue weighted by Crippen LogP contribution is 2.15. The van der Waals surface area contributed by atoms with Crippen LogP contribution in [0.1, 0.15) is 21.0 Å². The largest absolute Gasteiger partial charge is 0.459 e. The summed E-state index contributed by atoms with van der Waals surface area (Å²) in [4.78, 5) is 12.6. The van der Waals surface area contributed by atoms with Gasteiger partial charge in [0.1, 0.15) is 6.61 Å². The number of carbonyl (C=O) groups is 1. The van der Waals surface area contributed by atoms with Gasteiger partial charge < -0.3 is 14.8 Å². The zero-order valence-corrected chi connectivity index (χ0v) is 10.3. The standard InChI is InChI=1S/C13H11NO3S/c15-6-1-3-10-5-8-18-12(10)9-14-13(16)11-4-2-7-17-11/h2,4-5,7-8,15H,6,9H2,(H,14,16). The molecule has 0 aliphatic carbocycles. The maximum atomic E-state index is 11.7. The summed E-state index contributed by atoms with van der Waals surface area (Å²) in [5, 5.41) is 13.3. The lowest BCUT2D eigenvalue weighted by Gasteiger charge is -2.01. The normalized spacial score (nSPS) is 9.61. The van der Waals surface area contributed by atoms with Crippen LogP contribution in [-0.4, -0.2) is 17.6 Å². The van der Waals surface area contributed by atoms with Crippen LogP contribution in [0.15, 0.2) is 34.3 Å². The summed E-state index contributed by atoms with van der Waals surface area (Å²) in [6.45, 7) is 0.223. The number of rotatable bonds is 3. The minimum atomic E-state index is -0.255. The Bertz CT molecular complexity index is 575. The highest BCUT2D eigenvalue weighted by molar-refractivity contribution is 7.10. The number of furan rings is 1. The van der Waals surface area contributed by atoms with Crippen LogP contribution in [0.5, 0.6) is 0 Å². The first-order valence-corrected chi connectivity index (χ1v) is 6.17. The second-order valence-electron chi connectivity index (χ2n) is 3.38. The van der Waals surface area contributed by atoms with E-state index in [-0.39, 0.29) is 18.3 Å². The van der Waals surface area contributed by atoms with Crippen molar-refractivity contribution in [2.45, 2.75) is 6.54 Å². The summed E-state index contributed by atoms with van der Waals surface area (Å²) in [6.07, 6.45) is 1.46. The van der Waals surface area contributed by atoms with Crippen molar-refractivity contribution in [1.82, 2.24) is 5.32 Å². The Morgan fingerprint density at radius 1 is 1.50 bits per heavy atom. The molecule has 0 saturated heterocycles. The predicted octanol–water partition coefficient (Wildman–Crippen LogP) is 1.61. The first kappa shape index (κ1) is 12.4. The van der Waals surface area contributed by atoms with Crippen LogP contribution in [0.2, 0.25) is 0 Å². The van der Waals surface area contributed by atoms with E-state index in [1.165, 1.54) is 17.6 Å². The fraction of sp³-hybridized carbons (Fsp3) is 0.154. The number of hydrogen-bond acceptors (Lipinski definition) is 4. The van der Waals surface area contributed by atoms with Gasteiger partial charge in [-0.05, 0) is 23.6 Å². The Morgan fingerprint density at radius 2 is 2.39 bits per heavy atom. The molecule has 0 aliphatic heterocycles. The fourth-order valence-corrected chi connectivity index (χ4v) is 2.15. The third-order valence-corrected chi connectivity index (χ3v) is 3.12. The van der Waals surface area contributed by atoms with E-state index in [2.05, 4.69) is 17.2 Å². The Balaban J connectivity index is 1.98. The van der Waals surface area contributed by atoms with Crippen molar-refractivity contribution in [1.29, 1.82) is 0 Å². The average Bonchev–Trinajstić information content (AvgIpc) is 3.04. The lowest BCUT2D eigenvalue weighted by molar-refractivity contribution is 0.0923. The predicted molar refractivity (Wildman–Crippen MR) is 68.2 cm³/mol. The van der Waals surface area contributed by atoms with Gasteiger partial charge in [0.05, 0.1) is 12.8 Å². The van der Waals surface area contributed by atoms with Crippen LogP contribution in [0.3, 0.4) is 0 Å². The topological polar surface area (TPSA) is 62.5 Å². The average molecular weight is 261 g/mol. The van der Waals surface area contributed by atoms with Crippen LogP contribution in [0, 0.1) is 11.8 Å². The van der Waals surface area contributed by atoms with E-state index in [0.29, 0.717) is 6.54 Å². The summed E-state index contributed by atoms with van der Waals surface area (Å²) in [6, 6.07) is 5.14. The molecular weight excluding hydrogens is 250 g/mol. The van der Waals surface area contributed by atoms with Gasteiger partial charge >= 0.3 is 0 Å². The number of aliphatic hydroxyl groups excluding tert-OH is 1. The number of nitrogens with one attached hydrogen (secondary N) is 1. The molecular formula is C13H11NO3S. The van der Waals surface area contributed by atoms with Crippen LogP contribution >= 0.6 is 11.3 Å². The molecule has 0 unspecified atom stereocenters. The van der Waals surface area contributed by atoms with E-state index in [1.54, 1.807) is 12.1 Å². The van der Waals surface area contributed by atoms with Crippen molar-refractivity contribution in [3.05, 3.63) is 46.0 Å². The van der Waals surface area contributed by atoms with Gasteiger partial charge in [-0.1, -0.05) is 11.8 Å². The smallest absolute Gasteiger partial charge is 0.287 e. The molecule has 0 aliphatic rings. The molecule has 18 heavy (non-hydrogen) atoms. The maximum absolute atomic E-state index is 11.7. The lowest BCUT2D eigenvalue weighted by atomic mass is 10.2. The molecule has 2 rings (SSSR count). The molecule has 2 N–H and O–H groups in total. The Labute approximate surface area is 108 Å². The van der Waals surface area contributed by atoms with Crippen molar-refractivity contribution in [2.75, 3.05) is 6.61 Å². The minimum absolute atomic E-state index is 0.173. The molecule has 2 aromatic rings. The van der Waals surface area contributed by atoms with Crippen molar-refractivity contribution >= 4 is 17.2 Å². The van der Waals surface area contributed by atoms with Crippen molar-refractivity contribution in [3.63, 3.8) is 0 Å². The second-order valence-corrected chi connectivity index (χ2v) is 4.38. The fourth-order valence-electron chi connectivity index (χ4n) is 1.38. The highest BCUT2D eigenvalue weighted by atomic mass is 32.1. The van der Waals surface area contributed by atoms with E-state index in [4.69, 9.17) is 9.52 Å². The molecule has 0 fully saturated rings. The molecule has 0 saturated carbocycles. The first-order chi connectivity index (χ1) is 8.81. The number of thiophene rings is 1. The van der Waals surface area contributed by atoms with Gasteiger partial charge in [0, 0.05) is 10.4 Å². The van der Waals surface area contributed by atoms with Gasteiger partial charge in [0.15, 0.2) is 5.76 Å². The van der Waals surface area contributed by atoms with Gasteiger partial charge in [0.2, 0.25) is 0 Å². The molecule has 92 valence electrons. The molecule has 0 bridgehead atoms. The maximum Gasteiger partial charge on any atom is 0.287 e. The molecule has 5 heteroatoms. The third-order valence-electron chi connectivity index (χ3n) is 2.20. The lowest BCUT2D eigenvalue weighted by Crippen LogP contribution is -2.22. The molecule has 0 atom stereocenters. The highest BCUT2D eigenvalue weighted by Gasteiger charge is 2.09.